The van der Waals surface area contributed by atoms with Crippen LogP contribution in [0.3, 0.4) is 0 Å². The van der Waals surface area contributed by atoms with Gasteiger partial charge in [0.05, 0.1) is 10.2 Å². The van der Waals surface area contributed by atoms with E-state index in [-0.39, 0.29) is 4.87 Å². The van der Waals surface area contributed by atoms with Crippen molar-refractivity contribution in [1.29, 1.82) is 0 Å². The van der Waals surface area contributed by atoms with Crippen molar-refractivity contribution in [3.8, 4) is 11.5 Å². The van der Waals surface area contributed by atoms with Gasteiger partial charge in [0.2, 0.25) is 6.79 Å². The normalized spacial score (nSPS) is 16.8. The number of likely N-dealkylation sites (tertiary alicyclic amines) is 1. The van der Waals surface area contributed by atoms with Crippen molar-refractivity contribution < 1.29 is 9.47 Å². The summed E-state index contributed by atoms with van der Waals surface area (Å²) in [4.78, 5) is 19.8. The monoisotopic (exact) mass is 448 g/mol. The van der Waals surface area contributed by atoms with Crippen molar-refractivity contribution in [2.24, 2.45) is 0 Å². The molecule has 164 valence electrons. The molecule has 0 bridgehead atoms. The third-order valence-corrected chi connectivity index (χ3v) is 7.40. The highest BCUT2D eigenvalue weighted by atomic mass is 32.1. The molecule has 0 unspecified atom stereocenters. The van der Waals surface area contributed by atoms with E-state index in [2.05, 4.69) is 20.5 Å². The first-order chi connectivity index (χ1) is 15.8. The molecule has 1 saturated heterocycles. The van der Waals surface area contributed by atoms with Crippen LogP contribution in [0.1, 0.15) is 30.1 Å². The standard InChI is InChI=1S/C24H24N4O3S/c29-24-28(19-5-1-2-7-21(19)32-24)15-27-13-10-25-23(27)17-8-11-26(12-9-17)14-18-4-3-6-20-22(18)31-16-30-20/h1-7,10,13,17H,8-9,11-12,14-16H2. The second-order valence-corrected chi connectivity index (χ2v) is 9.35. The van der Waals surface area contributed by atoms with Gasteiger partial charge in [-0.2, -0.15) is 0 Å². The van der Waals surface area contributed by atoms with Gasteiger partial charge in [-0.3, -0.25) is 14.3 Å². The van der Waals surface area contributed by atoms with Crippen LogP contribution in [0, 0.1) is 0 Å². The molecule has 2 aliphatic rings. The lowest BCUT2D eigenvalue weighted by atomic mass is 9.95. The summed E-state index contributed by atoms with van der Waals surface area (Å²) in [6, 6.07) is 14.1. The summed E-state index contributed by atoms with van der Waals surface area (Å²) < 4.78 is 16.2. The fourth-order valence-electron chi connectivity index (χ4n) is 4.81. The summed E-state index contributed by atoms with van der Waals surface area (Å²) >= 11 is 1.30. The SMILES string of the molecule is O=c1sc2ccccc2n1Cn1ccnc1C1CCN(Cc2cccc3c2OCO3)CC1. The Balaban J connectivity index is 1.15. The Morgan fingerprint density at radius 2 is 1.94 bits per heavy atom. The molecule has 0 saturated carbocycles. The van der Waals surface area contributed by atoms with Gasteiger partial charge >= 0.3 is 4.87 Å². The van der Waals surface area contributed by atoms with Crippen molar-refractivity contribution >= 4 is 21.6 Å². The van der Waals surface area contributed by atoms with E-state index in [4.69, 9.17) is 9.47 Å². The highest BCUT2D eigenvalue weighted by molar-refractivity contribution is 7.16. The Kier molecular flexibility index (Phi) is 4.96. The molecular formula is C24H24N4O3S. The van der Waals surface area contributed by atoms with Crippen LogP contribution < -0.4 is 14.3 Å². The lowest BCUT2D eigenvalue weighted by molar-refractivity contribution is 0.169. The van der Waals surface area contributed by atoms with Crippen molar-refractivity contribution in [3.05, 3.63) is 75.9 Å². The molecule has 7 nitrogen and oxygen atoms in total. The lowest BCUT2D eigenvalue weighted by Crippen LogP contribution is -2.33. The number of nitrogens with zero attached hydrogens (tertiary/aromatic N) is 4. The van der Waals surface area contributed by atoms with Gasteiger partial charge in [0.1, 0.15) is 12.5 Å². The number of hydrogen-bond acceptors (Lipinski definition) is 6. The number of para-hydroxylation sites is 2. The second kappa shape index (κ2) is 8.11. The smallest absolute Gasteiger partial charge is 0.309 e. The Labute approximate surface area is 189 Å². The Hall–Kier alpha value is -3.10. The number of rotatable bonds is 5. The average Bonchev–Trinajstić information content (AvgIpc) is 3.54. The predicted molar refractivity (Wildman–Crippen MR) is 124 cm³/mol. The third-order valence-electron chi connectivity index (χ3n) is 6.44. The van der Waals surface area contributed by atoms with E-state index in [1.807, 2.05) is 53.4 Å². The maximum absolute atomic E-state index is 12.6. The van der Waals surface area contributed by atoms with E-state index in [0.29, 0.717) is 19.4 Å². The highest BCUT2D eigenvalue weighted by Gasteiger charge is 2.26. The third kappa shape index (κ3) is 3.49. The molecular weight excluding hydrogens is 424 g/mol. The number of piperidine rings is 1. The quantitative estimate of drug-likeness (QED) is 0.464. The van der Waals surface area contributed by atoms with Crippen LogP contribution in [0.5, 0.6) is 11.5 Å². The fraction of sp³-hybridized carbons (Fsp3) is 0.333. The first-order valence-corrected chi connectivity index (χ1v) is 11.8. The van der Waals surface area contributed by atoms with Crippen molar-refractivity contribution in [3.63, 3.8) is 0 Å². The molecule has 32 heavy (non-hydrogen) atoms. The van der Waals surface area contributed by atoms with Crippen LogP contribution in [0.4, 0.5) is 0 Å². The van der Waals surface area contributed by atoms with Gasteiger partial charge in [-0.15, -0.1) is 0 Å². The first-order valence-electron chi connectivity index (χ1n) is 11.0. The Bertz CT molecular complexity index is 1320. The van der Waals surface area contributed by atoms with Crippen LogP contribution in [-0.2, 0) is 13.2 Å². The van der Waals surface area contributed by atoms with Gasteiger partial charge in [-0.25, -0.2) is 4.98 Å². The molecule has 0 aliphatic carbocycles. The summed E-state index contributed by atoms with van der Waals surface area (Å²) in [6.45, 7) is 3.68. The van der Waals surface area contributed by atoms with Gasteiger partial charge in [0, 0.05) is 30.4 Å². The summed E-state index contributed by atoms with van der Waals surface area (Å²) in [5.41, 5.74) is 2.17. The summed E-state index contributed by atoms with van der Waals surface area (Å²) in [5, 5.41) is 0. The molecule has 4 aromatic rings. The lowest BCUT2D eigenvalue weighted by Gasteiger charge is -2.32. The number of fused-ring (bicyclic) bond motifs is 2. The maximum atomic E-state index is 12.6. The molecule has 1 fully saturated rings. The van der Waals surface area contributed by atoms with E-state index in [1.165, 1.54) is 16.9 Å². The molecule has 0 N–H and O–H groups in total. The van der Waals surface area contributed by atoms with Crippen molar-refractivity contribution in [1.82, 2.24) is 19.0 Å². The number of thiazole rings is 1. The molecule has 4 heterocycles. The largest absolute Gasteiger partial charge is 0.454 e. The molecule has 0 atom stereocenters. The summed E-state index contributed by atoms with van der Waals surface area (Å²) in [6.07, 6.45) is 5.93. The van der Waals surface area contributed by atoms with Crippen LogP contribution >= 0.6 is 11.3 Å². The molecule has 8 heteroatoms. The van der Waals surface area contributed by atoms with E-state index in [9.17, 15) is 4.79 Å². The van der Waals surface area contributed by atoms with Gasteiger partial charge in [-0.05, 0) is 44.1 Å². The molecule has 0 amide bonds. The fourth-order valence-corrected chi connectivity index (χ4v) is 5.69. The van der Waals surface area contributed by atoms with Gasteiger partial charge in [0.25, 0.3) is 0 Å². The number of benzene rings is 2. The van der Waals surface area contributed by atoms with Crippen LogP contribution in [0.25, 0.3) is 10.2 Å². The maximum Gasteiger partial charge on any atom is 0.309 e. The molecule has 2 aromatic carbocycles. The van der Waals surface area contributed by atoms with Gasteiger partial charge in [-0.1, -0.05) is 35.6 Å². The van der Waals surface area contributed by atoms with Crippen LogP contribution in [0.15, 0.2) is 59.7 Å². The zero-order chi connectivity index (χ0) is 21.5. The number of ether oxygens (including phenoxy) is 2. The Morgan fingerprint density at radius 1 is 1.06 bits per heavy atom. The summed E-state index contributed by atoms with van der Waals surface area (Å²) in [5.74, 6) is 3.20. The molecule has 2 aromatic heterocycles. The summed E-state index contributed by atoms with van der Waals surface area (Å²) in [7, 11) is 0. The predicted octanol–water partition coefficient (Wildman–Crippen LogP) is 3.87. The van der Waals surface area contributed by atoms with E-state index >= 15 is 0 Å². The van der Waals surface area contributed by atoms with Crippen molar-refractivity contribution in [2.75, 3.05) is 19.9 Å². The minimum Gasteiger partial charge on any atom is -0.454 e. The Morgan fingerprint density at radius 3 is 2.84 bits per heavy atom. The van der Waals surface area contributed by atoms with E-state index in [1.54, 1.807) is 0 Å². The topological polar surface area (TPSA) is 61.5 Å². The first kappa shape index (κ1) is 19.6. The minimum absolute atomic E-state index is 0.0715. The van der Waals surface area contributed by atoms with Crippen LogP contribution in [0.2, 0.25) is 0 Å². The average molecular weight is 449 g/mol. The van der Waals surface area contributed by atoms with Gasteiger partial charge < -0.3 is 14.0 Å². The minimum atomic E-state index is 0.0715. The van der Waals surface area contributed by atoms with Gasteiger partial charge in [0.15, 0.2) is 11.5 Å². The second-order valence-electron chi connectivity index (χ2n) is 8.36. The van der Waals surface area contributed by atoms with Crippen molar-refractivity contribution in [2.45, 2.75) is 32.0 Å². The number of aromatic nitrogens is 3. The zero-order valence-corrected chi connectivity index (χ0v) is 18.5. The molecule has 2 aliphatic heterocycles. The zero-order valence-electron chi connectivity index (χ0n) is 17.6. The number of hydrogen-bond donors (Lipinski definition) is 0. The molecule has 0 spiro atoms. The van der Waals surface area contributed by atoms with E-state index in [0.717, 1.165) is 60.0 Å². The number of imidazole rings is 1. The van der Waals surface area contributed by atoms with E-state index < -0.39 is 0 Å². The molecule has 6 rings (SSSR count). The van der Waals surface area contributed by atoms with Crippen LogP contribution in [-0.4, -0.2) is 38.9 Å². The molecule has 0 radical (unpaired) electrons. The highest BCUT2D eigenvalue weighted by Crippen LogP contribution is 2.37.